The summed E-state index contributed by atoms with van der Waals surface area (Å²) in [6.07, 6.45) is 2.41. The minimum Gasteiger partial charge on any atom is -0.494 e. The van der Waals surface area contributed by atoms with Gasteiger partial charge in [0.2, 0.25) is 0 Å². The van der Waals surface area contributed by atoms with Gasteiger partial charge in [0.15, 0.2) is 11.6 Å². The van der Waals surface area contributed by atoms with Gasteiger partial charge in [-0.05, 0) is 60.9 Å². The Labute approximate surface area is 214 Å². The van der Waals surface area contributed by atoms with Crippen LogP contribution >= 0.6 is 0 Å². The van der Waals surface area contributed by atoms with E-state index in [0.29, 0.717) is 53.6 Å². The molecule has 4 aromatic rings. The molecule has 0 saturated heterocycles. The summed E-state index contributed by atoms with van der Waals surface area (Å²) in [5.74, 6) is -0.741. The van der Waals surface area contributed by atoms with Crippen molar-refractivity contribution in [2.45, 2.75) is 20.0 Å². The van der Waals surface area contributed by atoms with Gasteiger partial charge in [0.1, 0.15) is 29.7 Å². The number of ether oxygens (including phenoxy) is 3. The average molecular weight is 505 g/mol. The highest BCUT2D eigenvalue weighted by Gasteiger charge is 2.15. The molecule has 0 amide bonds. The van der Waals surface area contributed by atoms with E-state index in [0.717, 1.165) is 0 Å². The molecule has 4 aromatic carbocycles. The van der Waals surface area contributed by atoms with E-state index >= 15 is 0 Å². The minimum absolute atomic E-state index is 0.0920. The topological polar surface area (TPSA) is 27.7 Å². The van der Waals surface area contributed by atoms with Crippen LogP contribution in [-0.2, 0) is 6.61 Å². The Balaban J connectivity index is 1.41. The fraction of sp³-hybridized carbons (Fsp3) is 0.161. The fourth-order valence-corrected chi connectivity index (χ4v) is 3.79. The van der Waals surface area contributed by atoms with E-state index < -0.39 is 17.5 Å². The van der Waals surface area contributed by atoms with E-state index in [1.807, 2.05) is 6.92 Å². The fourth-order valence-electron chi connectivity index (χ4n) is 3.79. The number of hydrogen-bond acceptors (Lipinski definition) is 3. The summed E-state index contributed by atoms with van der Waals surface area (Å²) in [5.41, 5.74) is 1.87. The molecule has 0 aliphatic rings. The maximum Gasteiger partial charge on any atom is 0.167 e. The maximum atomic E-state index is 14.8. The Bertz CT molecular complexity index is 1350. The maximum absolute atomic E-state index is 14.8. The van der Waals surface area contributed by atoms with Crippen LogP contribution in [0.1, 0.15) is 18.9 Å². The van der Waals surface area contributed by atoms with Gasteiger partial charge in [-0.1, -0.05) is 42.5 Å². The van der Waals surface area contributed by atoms with Gasteiger partial charge < -0.3 is 14.2 Å². The van der Waals surface area contributed by atoms with Crippen molar-refractivity contribution >= 4 is 0 Å². The lowest BCUT2D eigenvalue weighted by Crippen LogP contribution is -2.02. The summed E-state index contributed by atoms with van der Waals surface area (Å²) in [6.45, 7) is 6.30. The lowest BCUT2D eigenvalue weighted by atomic mass is 10.0. The summed E-state index contributed by atoms with van der Waals surface area (Å²) in [6, 6.07) is 21.3. The average Bonchev–Trinajstić information content (AvgIpc) is 2.91. The van der Waals surface area contributed by atoms with E-state index in [-0.39, 0.29) is 17.7 Å². The van der Waals surface area contributed by atoms with Crippen molar-refractivity contribution in [3.8, 4) is 39.5 Å². The zero-order valence-corrected chi connectivity index (χ0v) is 20.5. The molecule has 0 unspecified atom stereocenters. The molecule has 0 heterocycles. The Kier molecular flexibility index (Phi) is 8.52. The minimum atomic E-state index is -0.958. The summed E-state index contributed by atoms with van der Waals surface area (Å²) >= 11 is 0. The van der Waals surface area contributed by atoms with Crippen molar-refractivity contribution in [1.29, 1.82) is 0 Å². The molecule has 3 nitrogen and oxygen atoms in total. The van der Waals surface area contributed by atoms with Crippen LogP contribution in [-0.4, -0.2) is 13.2 Å². The van der Waals surface area contributed by atoms with E-state index in [1.165, 1.54) is 18.2 Å². The molecular weight excluding hydrogens is 477 g/mol. The monoisotopic (exact) mass is 504 g/mol. The molecule has 0 aromatic heterocycles. The number of rotatable bonds is 11. The number of halogens is 3. The van der Waals surface area contributed by atoms with Crippen LogP contribution in [0.3, 0.4) is 0 Å². The van der Waals surface area contributed by atoms with Crippen LogP contribution in [0.4, 0.5) is 13.2 Å². The summed E-state index contributed by atoms with van der Waals surface area (Å²) in [7, 11) is 0. The highest BCUT2D eigenvalue weighted by Crippen LogP contribution is 2.30. The summed E-state index contributed by atoms with van der Waals surface area (Å²) in [5, 5.41) is 0. The summed E-state index contributed by atoms with van der Waals surface area (Å²) in [4.78, 5) is 0. The van der Waals surface area contributed by atoms with Crippen LogP contribution in [0.15, 0.2) is 91.5 Å². The first-order valence-electron chi connectivity index (χ1n) is 12.0. The van der Waals surface area contributed by atoms with Crippen molar-refractivity contribution in [3.05, 3.63) is 115 Å². The lowest BCUT2D eigenvalue weighted by Gasteiger charge is -2.12. The molecule has 0 spiro atoms. The normalized spacial score (nSPS) is 10.7. The van der Waals surface area contributed by atoms with Gasteiger partial charge >= 0.3 is 0 Å². The van der Waals surface area contributed by atoms with Crippen LogP contribution in [0.25, 0.3) is 22.3 Å². The molecule has 0 atom stereocenters. The van der Waals surface area contributed by atoms with Gasteiger partial charge in [-0.25, -0.2) is 13.2 Å². The van der Waals surface area contributed by atoms with Gasteiger partial charge in [0.25, 0.3) is 0 Å². The summed E-state index contributed by atoms with van der Waals surface area (Å²) < 4.78 is 60.7. The quantitative estimate of drug-likeness (QED) is 0.152. The van der Waals surface area contributed by atoms with Gasteiger partial charge in [0, 0.05) is 22.8 Å². The molecule has 0 aliphatic heterocycles. The highest BCUT2D eigenvalue weighted by molar-refractivity contribution is 5.66. The zero-order chi connectivity index (χ0) is 26.2. The molecule has 6 heteroatoms. The molecule has 0 radical (unpaired) electrons. The Morgan fingerprint density at radius 1 is 0.676 bits per heavy atom. The number of hydrogen-bond donors (Lipinski definition) is 0. The SMILES string of the molecule is C=CCCOc1ccc(-c2ccc(OCc3ccc(-c4ccc(OCC)cc4)c(F)c3F)cc2)c(F)c1. The molecule has 0 aliphatic carbocycles. The third kappa shape index (κ3) is 6.33. The van der Waals surface area contributed by atoms with E-state index in [4.69, 9.17) is 14.2 Å². The molecule has 0 bridgehead atoms. The second-order valence-corrected chi connectivity index (χ2v) is 8.24. The van der Waals surface area contributed by atoms with Gasteiger partial charge in [0.05, 0.1) is 13.2 Å². The second-order valence-electron chi connectivity index (χ2n) is 8.24. The van der Waals surface area contributed by atoms with Crippen LogP contribution < -0.4 is 14.2 Å². The van der Waals surface area contributed by atoms with Gasteiger partial charge in [-0.2, -0.15) is 0 Å². The Morgan fingerprint density at radius 3 is 1.89 bits per heavy atom. The van der Waals surface area contributed by atoms with Crippen molar-refractivity contribution in [2.24, 2.45) is 0 Å². The smallest absolute Gasteiger partial charge is 0.167 e. The zero-order valence-electron chi connectivity index (χ0n) is 20.5. The Morgan fingerprint density at radius 2 is 1.27 bits per heavy atom. The first kappa shape index (κ1) is 25.9. The van der Waals surface area contributed by atoms with Crippen molar-refractivity contribution in [1.82, 2.24) is 0 Å². The van der Waals surface area contributed by atoms with Crippen molar-refractivity contribution in [2.75, 3.05) is 13.2 Å². The highest BCUT2D eigenvalue weighted by atomic mass is 19.2. The van der Waals surface area contributed by atoms with E-state index in [2.05, 4.69) is 6.58 Å². The predicted octanol–water partition coefficient (Wildman–Crippen LogP) is 8.37. The molecule has 0 fully saturated rings. The molecule has 0 saturated carbocycles. The third-order valence-corrected chi connectivity index (χ3v) is 5.73. The third-order valence-electron chi connectivity index (χ3n) is 5.73. The molecular formula is C31H27F3O3. The molecule has 0 N–H and O–H groups in total. The Hall–Kier alpha value is -4.19. The van der Waals surface area contributed by atoms with E-state index in [1.54, 1.807) is 66.7 Å². The predicted molar refractivity (Wildman–Crippen MR) is 139 cm³/mol. The van der Waals surface area contributed by atoms with Crippen molar-refractivity contribution in [3.63, 3.8) is 0 Å². The molecule has 37 heavy (non-hydrogen) atoms. The number of benzene rings is 4. The standard InChI is InChI=1S/C31H27F3O3/c1-3-5-18-36-26-15-17-27(29(32)19-26)21-6-13-25(14-7-21)37-20-23-10-16-28(31(34)30(23)33)22-8-11-24(12-9-22)35-4-2/h3,6-17,19H,1,4-5,18,20H2,2H3. The first-order valence-corrected chi connectivity index (χ1v) is 12.0. The van der Waals surface area contributed by atoms with Crippen LogP contribution in [0.5, 0.6) is 17.2 Å². The molecule has 4 rings (SSSR count). The largest absolute Gasteiger partial charge is 0.494 e. The van der Waals surface area contributed by atoms with Crippen LogP contribution in [0, 0.1) is 17.5 Å². The van der Waals surface area contributed by atoms with Gasteiger partial charge in [-0.3, -0.25) is 0 Å². The van der Waals surface area contributed by atoms with Crippen molar-refractivity contribution < 1.29 is 27.4 Å². The molecule has 190 valence electrons. The van der Waals surface area contributed by atoms with Gasteiger partial charge in [-0.15, -0.1) is 6.58 Å². The second kappa shape index (κ2) is 12.2. The van der Waals surface area contributed by atoms with Crippen LogP contribution in [0.2, 0.25) is 0 Å². The first-order chi connectivity index (χ1) is 18.0. The lowest BCUT2D eigenvalue weighted by molar-refractivity contribution is 0.297. The van der Waals surface area contributed by atoms with E-state index in [9.17, 15) is 13.2 Å².